The molecule has 1 heterocycles. The second-order valence-corrected chi connectivity index (χ2v) is 4.35. The molecule has 0 aromatic rings. The fourth-order valence-electron chi connectivity index (χ4n) is 1.77. The summed E-state index contributed by atoms with van der Waals surface area (Å²) in [5.41, 5.74) is -0.261. The van der Waals surface area contributed by atoms with Crippen molar-refractivity contribution in [2.45, 2.75) is 25.7 Å². The number of nitrogens with zero attached hydrogens (tertiary/aromatic N) is 1. The molecule has 0 unspecified atom stereocenters. The molecule has 0 spiro atoms. The van der Waals surface area contributed by atoms with Crippen LogP contribution in [0.15, 0.2) is 12.2 Å². The van der Waals surface area contributed by atoms with Gasteiger partial charge in [0.05, 0.1) is 18.7 Å². The summed E-state index contributed by atoms with van der Waals surface area (Å²) in [7, 11) is 1.51. The van der Waals surface area contributed by atoms with Crippen molar-refractivity contribution in [3.8, 4) is 11.8 Å². The third-order valence-corrected chi connectivity index (χ3v) is 2.93. The Labute approximate surface area is 119 Å². The van der Waals surface area contributed by atoms with Crippen LogP contribution in [0.2, 0.25) is 0 Å². The Bertz CT molecular complexity index is 411. The van der Waals surface area contributed by atoms with E-state index in [2.05, 4.69) is 18.4 Å². The highest BCUT2D eigenvalue weighted by atomic mass is 16.7. The molecule has 1 N–H and O–H groups in total. The molecule has 6 heteroatoms. The molecule has 6 nitrogen and oxygen atoms in total. The van der Waals surface area contributed by atoms with Crippen LogP contribution in [0.3, 0.4) is 0 Å². The van der Waals surface area contributed by atoms with Gasteiger partial charge in [-0.05, 0) is 13.8 Å². The minimum absolute atomic E-state index is 0.229. The third-order valence-electron chi connectivity index (χ3n) is 2.93. The number of carbonyl (C=O) groups is 1. The first kappa shape index (κ1) is 16.5. The van der Waals surface area contributed by atoms with E-state index in [4.69, 9.17) is 19.3 Å². The zero-order valence-electron chi connectivity index (χ0n) is 12.1. The second kappa shape index (κ2) is 7.29. The SMILES string of the molecule is C=C(C#CC1(OC)CN(C(=O)O)C1)C(OCC)OCC. The predicted octanol–water partition coefficient (Wildman–Crippen LogP) is 1.32. The smallest absolute Gasteiger partial charge is 0.407 e. The first-order chi connectivity index (χ1) is 9.48. The topological polar surface area (TPSA) is 68.2 Å². The molecule has 1 saturated heterocycles. The molecule has 0 atom stereocenters. The lowest BCUT2D eigenvalue weighted by Gasteiger charge is -2.43. The second-order valence-electron chi connectivity index (χ2n) is 4.35. The van der Waals surface area contributed by atoms with Crippen LogP contribution in [0.1, 0.15) is 13.8 Å². The lowest BCUT2D eigenvalue weighted by molar-refractivity contribution is -0.108. The van der Waals surface area contributed by atoms with Crippen LogP contribution >= 0.6 is 0 Å². The maximum absolute atomic E-state index is 10.8. The van der Waals surface area contributed by atoms with E-state index in [9.17, 15) is 4.79 Å². The molecule has 0 saturated carbocycles. The fourth-order valence-corrected chi connectivity index (χ4v) is 1.77. The van der Waals surface area contributed by atoms with E-state index in [1.807, 2.05) is 13.8 Å². The molecular weight excluding hydrogens is 262 g/mol. The van der Waals surface area contributed by atoms with Crippen LogP contribution in [-0.2, 0) is 14.2 Å². The van der Waals surface area contributed by atoms with E-state index in [0.717, 1.165) is 0 Å². The quantitative estimate of drug-likeness (QED) is 0.588. The Kier molecular flexibility index (Phi) is 6.02. The van der Waals surface area contributed by atoms with Crippen molar-refractivity contribution in [1.29, 1.82) is 0 Å². The van der Waals surface area contributed by atoms with Gasteiger partial charge in [0, 0.05) is 20.3 Å². The van der Waals surface area contributed by atoms with Gasteiger partial charge >= 0.3 is 6.09 Å². The van der Waals surface area contributed by atoms with Gasteiger partial charge in [0.1, 0.15) is 0 Å². The Balaban J connectivity index is 2.66. The summed E-state index contributed by atoms with van der Waals surface area (Å²) in [5, 5.41) is 8.83. The molecule has 0 aliphatic carbocycles. The Hall–Kier alpha value is -1.55. The molecule has 0 aromatic heterocycles. The van der Waals surface area contributed by atoms with E-state index in [-0.39, 0.29) is 13.1 Å². The lowest BCUT2D eigenvalue weighted by Crippen LogP contribution is -2.63. The minimum atomic E-state index is -0.972. The van der Waals surface area contributed by atoms with Gasteiger partial charge in [-0.15, -0.1) is 0 Å². The van der Waals surface area contributed by atoms with Crippen molar-refractivity contribution < 1.29 is 24.1 Å². The summed E-state index contributed by atoms with van der Waals surface area (Å²) in [5.74, 6) is 5.79. The average Bonchev–Trinajstić information content (AvgIpc) is 2.37. The number of likely N-dealkylation sites (tertiary alicyclic amines) is 1. The molecule has 20 heavy (non-hydrogen) atoms. The molecule has 1 aliphatic rings. The highest BCUT2D eigenvalue weighted by molar-refractivity contribution is 5.67. The van der Waals surface area contributed by atoms with Crippen LogP contribution in [0, 0.1) is 11.8 Å². The zero-order valence-corrected chi connectivity index (χ0v) is 12.1. The van der Waals surface area contributed by atoms with Gasteiger partial charge in [-0.2, -0.15) is 0 Å². The highest BCUT2D eigenvalue weighted by Gasteiger charge is 2.44. The number of methoxy groups -OCH3 is 1. The molecule has 1 aliphatic heterocycles. The maximum atomic E-state index is 10.8. The number of hydrogen-bond acceptors (Lipinski definition) is 4. The minimum Gasteiger partial charge on any atom is -0.465 e. The van der Waals surface area contributed by atoms with Crippen molar-refractivity contribution in [2.75, 3.05) is 33.4 Å². The average molecular weight is 283 g/mol. The molecule has 1 rings (SSSR count). The van der Waals surface area contributed by atoms with Crippen LogP contribution in [-0.4, -0.2) is 61.4 Å². The molecule has 1 amide bonds. The molecule has 0 aromatic carbocycles. The van der Waals surface area contributed by atoms with Crippen molar-refractivity contribution in [2.24, 2.45) is 0 Å². The van der Waals surface area contributed by atoms with E-state index >= 15 is 0 Å². The highest BCUT2D eigenvalue weighted by Crippen LogP contribution is 2.24. The summed E-state index contributed by atoms with van der Waals surface area (Å²) in [6, 6.07) is 0. The van der Waals surface area contributed by atoms with Crippen LogP contribution in [0.4, 0.5) is 4.79 Å². The predicted molar refractivity (Wildman–Crippen MR) is 73.3 cm³/mol. The van der Waals surface area contributed by atoms with E-state index in [1.54, 1.807) is 0 Å². The first-order valence-corrected chi connectivity index (χ1v) is 6.46. The summed E-state index contributed by atoms with van der Waals surface area (Å²) < 4.78 is 16.1. The standard InChI is InChI=1S/C14H21NO5/c1-5-19-12(20-6-2)11(3)7-8-14(18-4)9-15(10-14)13(16)17/h12H,3,5-6,9-10H2,1-2,4H3,(H,16,17). The summed E-state index contributed by atoms with van der Waals surface area (Å²) in [6.45, 7) is 9.00. The van der Waals surface area contributed by atoms with Crippen LogP contribution in [0.5, 0.6) is 0 Å². The van der Waals surface area contributed by atoms with Gasteiger partial charge < -0.3 is 24.2 Å². The Morgan fingerprint density at radius 2 is 1.95 bits per heavy atom. The van der Waals surface area contributed by atoms with Crippen LogP contribution in [0.25, 0.3) is 0 Å². The van der Waals surface area contributed by atoms with Gasteiger partial charge in [0.15, 0.2) is 11.9 Å². The number of amides is 1. The Morgan fingerprint density at radius 1 is 1.40 bits per heavy atom. The van der Waals surface area contributed by atoms with Crippen LogP contribution < -0.4 is 0 Å². The number of rotatable bonds is 6. The van der Waals surface area contributed by atoms with E-state index < -0.39 is 18.0 Å². The van der Waals surface area contributed by atoms with Crippen molar-refractivity contribution in [3.63, 3.8) is 0 Å². The molecule has 112 valence electrons. The maximum Gasteiger partial charge on any atom is 0.407 e. The zero-order chi connectivity index (χ0) is 15.2. The van der Waals surface area contributed by atoms with Gasteiger partial charge in [-0.3, -0.25) is 0 Å². The normalized spacial score (nSPS) is 16.3. The third kappa shape index (κ3) is 3.97. The van der Waals surface area contributed by atoms with Gasteiger partial charge in [-0.25, -0.2) is 4.79 Å². The van der Waals surface area contributed by atoms with Crippen molar-refractivity contribution in [3.05, 3.63) is 12.2 Å². The molecule has 0 bridgehead atoms. The molecule has 1 fully saturated rings. The van der Waals surface area contributed by atoms with Crippen molar-refractivity contribution in [1.82, 2.24) is 4.90 Å². The number of carboxylic acid groups (broad SMARTS) is 1. The van der Waals surface area contributed by atoms with Gasteiger partial charge in [0.25, 0.3) is 0 Å². The monoisotopic (exact) mass is 283 g/mol. The van der Waals surface area contributed by atoms with Crippen molar-refractivity contribution >= 4 is 6.09 Å². The number of hydrogen-bond donors (Lipinski definition) is 1. The number of ether oxygens (including phenoxy) is 3. The Morgan fingerprint density at radius 3 is 2.35 bits per heavy atom. The van der Waals surface area contributed by atoms with Gasteiger partial charge in [-0.1, -0.05) is 18.4 Å². The summed E-state index contributed by atoms with van der Waals surface area (Å²) in [4.78, 5) is 12.0. The van der Waals surface area contributed by atoms with E-state index in [1.165, 1.54) is 12.0 Å². The largest absolute Gasteiger partial charge is 0.465 e. The summed E-state index contributed by atoms with van der Waals surface area (Å²) >= 11 is 0. The molecule has 0 radical (unpaired) electrons. The molecular formula is C14H21NO5. The summed E-state index contributed by atoms with van der Waals surface area (Å²) in [6.07, 6.45) is -1.54. The lowest BCUT2D eigenvalue weighted by atomic mass is 9.94. The van der Waals surface area contributed by atoms with E-state index in [0.29, 0.717) is 18.8 Å². The van der Waals surface area contributed by atoms with Gasteiger partial charge in [0.2, 0.25) is 0 Å². The first-order valence-electron chi connectivity index (χ1n) is 6.46. The fraction of sp³-hybridized carbons (Fsp3) is 0.643.